The number of aliphatic hydroxyl groups excluding tert-OH is 1. The van der Waals surface area contributed by atoms with Crippen LogP contribution in [-0.4, -0.2) is 37.3 Å². The molecule has 15 heavy (non-hydrogen) atoms. The van der Waals surface area contributed by atoms with Gasteiger partial charge < -0.3 is 10.0 Å². The molecule has 0 bridgehead atoms. The minimum atomic E-state index is 0.219. The number of hydrogen-bond donors (Lipinski definition) is 1. The Morgan fingerprint density at radius 2 is 1.80 bits per heavy atom. The molecule has 1 aromatic carbocycles. The summed E-state index contributed by atoms with van der Waals surface area (Å²) in [5.74, 6) is 0.243. The predicted molar refractivity (Wildman–Crippen MR) is 64.2 cm³/mol. The van der Waals surface area contributed by atoms with Crippen LogP contribution in [0.25, 0.3) is 0 Å². The van der Waals surface area contributed by atoms with Crippen molar-refractivity contribution >= 4 is 0 Å². The highest BCUT2D eigenvalue weighted by Gasteiger charge is 2.03. The highest BCUT2D eigenvalue weighted by molar-refractivity contribution is 5.25. The SMILES string of the molecule is CC(CO)c1ccc(CCN(C)C)cc1. The third kappa shape index (κ3) is 4.02. The molecular formula is C13H21NO. The lowest BCUT2D eigenvalue weighted by Crippen LogP contribution is -2.15. The van der Waals surface area contributed by atoms with Crippen molar-refractivity contribution in [1.82, 2.24) is 4.90 Å². The molecule has 0 aliphatic heterocycles. The molecule has 0 fully saturated rings. The Labute approximate surface area is 92.5 Å². The molecule has 84 valence electrons. The Balaban J connectivity index is 2.56. The monoisotopic (exact) mass is 207 g/mol. The minimum absolute atomic E-state index is 0.219. The molecule has 1 rings (SSSR count). The number of likely N-dealkylation sites (N-methyl/N-ethyl adjacent to an activating group) is 1. The lowest BCUT2D eigenvalue weighted by Gasteiger charge is -2.11. The Bertz CT molecular complexity index is 279. The molecule has 0 amide bonds. The van der Waals surface area contributed by atoms with E-state index >= 15 is 0 Å². The molecule has 1 unspecified atom stereocenters. The van der Waals surface area contributed by atoms with Crippen LogP contribution in [0.2, 0.25) is 0 Å². The summed E-state index contributed by atoms with van der Waals surface area (Å²) in [4.78, 5) is 2.18. The molecule has 1 aromatic rings. The Morgan fingerprint density at radius 3 is 2.27 bits per heavy atom. The normalized spacial score (nSPS) is 13.1. The summed E-state index contributed by atoms with van der Waals surface area (Å²) in [6.07, 6.45) is 1.08. The summed E-state index contributed by atoms with van der Waals surface area (Å²) in [6.45, 7) is 3.33. The Hall–Kier alpha value is -0.860. The van der Waals surface area contributed by atoms with Crippen molar-refractivity contribution in [2.24, 2.45) is 0 Å². The maximum absolute atomic E-state index is 9.03. The smallest absolute Gasteiger partial charge is 0.0497 e. The fraction of sp³-hybridized carbons (Fsp3) is 0.538. The summed E-state index contributed by atoms with van der Waals surface area (Å²) in [5, 5.41) is 9.03. The van der Waals surface area contributed by atoms with Crippen LogP contribution in [0.15, 0.2) is 24.3 Å². The highest BCUT2D eigenvalue weighted by atomic mass is 16.3. The molecule has 0 saturated heterocycles. The second-order valence-corrected chi connectivity index (χ2v) is 4.38. The van der Waals surface area contributed by atoms with Crippen molar-refractivity contribution in [1.29, 1.82) is 0 Å². The van der Waals surface area contributed by atoms with E-state index in [1.54, 1.807) is 0 Å². The van der Waals surface area contributed by atoms with Crippen molar-refractivity contribution in [3.05, 3.63) is 35.4 Å². The van der Waals surface area contributed by atoms with E-state index in [9.17, 15) is 0 Å². The van der Waals surface area contributed by atoms with E-state index in [2.05, 4.69) is 43.3 Å². The number of hydrogen-bond acceptors (Lipinski definition) is 2. The number of rotatable bonds is 5. The quantitative estimate of drug-likeness (QED) is 0.797. The first-order chi connectivity index (χ1) is 7.13. The molecule has 0 aliphatic carbocycles. The highest BCUT2D eigenvalue weighted by Crippen LogP contribution is 2.15. The van der Waals surface area contributed by atoms with Gasteiger partial charge in [0, 0.05) is 19.1 Å². The van der Waals surface area contributed by atoms with Crippen molar-refractivity contribution in [2.45, 2.75) is 19.3 Å². The summed E-state index contributed by atoms with van der Waals surface area (Å²) < 4.78 is 0. The second-order valence-electron chi connectivity index (χ2n) is 4.38. The predicted octanol–water partition coefficient (Wildman–Crippen LogP) is 1.89. The van der Waals surface area contributed by atoms with Crippen molar-refractivity contribution < 1.29 is 5.11 Å². The molecule has 0 aliphatic rings. The van der Waals surface area contributed by atoms with E-state index in [0.717, 1.165) is 13.0 Å². The van der Waals surface area contributed by atoms with Crippen molar-refractivity contribution in [3.8, 4) is 0 Å². The van der Waals surface area contributed by atoms with Gasteiger partial charge in [-0.3, -0.25) is 0 Å². The summed E-state index contributed by atoms with van der Waals surface area (Å²) in [6, 6.07) is 8.55. The molecular weight excluding hydrogens is 186 g/mol. The maximum atomic E-state index is 9.03. The maximum Gasteiger partial charge on any atom is 0.0497 e. The average molecular weight is 207 g/mol. The fourth-order valence-electron chi connectivity index (χ4n) is 1.47. The summed E-state index contributed by atoms with van der Waals surface area (Å²) in [5.41, 5.74) is 2.57. The van der Waals surface area contributed by atoms with Crippen molar-refractivity contribution in [2.75, 3.05) is 27.2 Å². The molecule has 2 nitrogen and oxygen atoms in total. The van der Waals surface area contributed by atoms with Gasteiger partial charge in [-0.05, 0) is 31.6 Å². The lowest BCUT2D eigenvalue weighted by molar-refractivity contribution is 0.273. The van der Waals surface area contributed by atoms with Gasteiger partial charge in [0.05, 0.1) is 0 Å². The zero-order chi connectivity index (χ0) is 11.3. The zero-order valence-corrected chi connectivity index (χ0v) is 9.90. The van der Waals surface area contributed by atoms with Crippen LogP contribution in [0.1, 0.15) is 24.0 Å². The van der Waals surface area contributed by atoms with Crippen LogP contribution in [0.5, 0.6) is 0 Å². The Kier molecular flexibility index (Phi) is 4.79. The van der Waals surface area contributed by atoms with Gasteiger partial charge in [0.15, 0.2) is 0 Å². The first-order valence-corrected chi connectivity index (χ1v) is 5.48. The topological polar surface area (TPSA) is 23.5 Å². The molecule has 2 heteroatoms. The largest absolute Gasteiger partial charge is 0.396 e. The first-order valence-electron chi connectivity index (χ1n) is 5.48. The molecule has 1 atom stereocenters. The molecule has 0 aromatic heterocycles. The standard InChI is InChI=1S/C13H21NO/c1-11(10-15)13-6-4-12(5-7-13)8-9-14(2)3/h4-7,11,15H,8-10H2,1-3H3. The first kappa shape index (κ1) is 12.2. The van der Waals surface area contributed by atoms with Crippen LogP contribution < -0.4 is 0 Å². The van der Waals surface area contributed by atoms with Crippen LogP contribution in [0.4, 0.5) is 0 Å². The van der Waals surface area contributed by atoms with Crippen LogP contribution in [0.3, 0.4) is 0 Å². The molecule has 0 spiro atoms. The minimum Gasteiger partial charge on any atom is -0.396 e. The molecule has 0 saturated carbocycles. The van der Waals surface area contributed by atoms with E-state index in [1.807, 2.05) is 6.92 Å². The molecule has 0 radical (unpaired) electrons. The van der Waals surface area contributed by atoms with Gasteiger partial charge in [0.2, 0.25) is 0 Å². The number of benzene rings is 1. The van der Waals surface area contributed by atoms with Gasteiger partial charge in [-0.1, -0.05) is 31.2 Å². The second kappa shape index (κ2) is 5.89. The van der Waals surface area contributed by atoms with E-state index < -0.39 is 0 Å². The lowest BCUT2D eigenvalue weighted by atomic mass is 10.00. The number of aliphatic hydroxyl groups is 1. The van der Waals surface area contributed by atoms with E-state index in [-0.39, 0.29) is 12.5 Å². The van der Waals surface area contributed by atoms with Crippen molar-refractivity contribution in [3.63, 3.8) is 0 Å². The number of nitrogens with zero attached hydrogens (tertiary/aromatic N) is 1. The van der Waals surface area contributed by atoms with Gasteiger partial charge in [-0.15, -0.1) is 0 Å². The van der Waals surface area contributed by atoms with Crippen LogP contribution in [0, 0.1) is 0 Å². The third-order valence-corrected chi connectivity index (χ3v) is 2.67. The summed E-state index contributed by atoms with van der Waals surface area (Å²) in [7, 11) is 4.17. The van der Waals surface area contributed by atoms with Gasteiger partial charge in [0.1, 0.15) is 0 Å². The Morgan fingerprint density at radius 1 is 1.20 bits per heavy atom. The van der Waals surface area contributed by atoms with Crippen LogP contribution >= 0.6 is 0 Å². The van der Waals surface area contributed by atoms with Crippen LogP contribution in [-0.2, 0) is 6.42 Å². The van der Waals surface area contributed by atoms with E-state index in [4.69, 9.17) is 5.11 Å². The summed E-state index contributed by atoms with van der Waals surface area (Å²) >= 11 is 0. The molecule has 1 N–H and O–H groups in total. The van der Waals surface area contributed by atoms with E-state index in [1.165, 1.54) is 11.1 Å². The average Bonchev–Trinajstić information content (AvgIpc) is 2.26. The van der Waals surface area contributed by atoms with Gasteiger partial charge in [0.25, 0.3) is 0 Å². The van der Waals surface area contributed by atoms with E-state index in [0.29, 0.717) is 0 Å². The van der Waals surface area contributed by atoms with Gasteiger partial charge in [-0.25, -0.2) is 0 Å². The molecule has 0 heterocycles. The van der Waals surface area contributed by atoms with Gasteiger partial charge in [-0.2, -0.15) is 0 Å². The third-order valence-electron chi connectivity index (χ3n) is 2.67. The van der Waals surface area contributed by atoms with Gasteiger partial charge >= 0.3 is 0 Å². The zero-order valence-electron chi connectivity index (χ0n) is 9.90. The fourth-order valence-corrected chi connectivity index (χ4v) is 1.47.